The average molecular weight is 317 g/mol. The first-order valence-electron chi connectivity index (χ1n) is 7.23. The van der Waals surface area contributed by atoms with Gasteiger partial charge in [-0.2, -0.15) is 0 Å². The average Bonchev–Trinajstić information content (AvgIpc) is 2.46. The summed E-state index contributed by atoms with van der Waals surface area (Å²) in [6.07, 6.45) is 3.07. The number of halogens is 1. The molecule has 0 N–H and O–H groups in total. The molecule has 0 atom stereocenters. The lowest BCUT2D eigenvalue weighted by Crippen LogP contribution is -2.38. The summed E-state index contributed by atoms with van der Waals surface area (Å²) in [5, 5.41) is 0.469. The number of carbonyl (C=O) groups is 1. The fraction of sp³-hybridized carbons (Fsp3) is 0.333. The summed E-state index contributed by atoms with van der Waals surface area (Å²) >= 11 is 5.90. The van der Waals surface area contributed by atoms with Crippen LogP contribution in [0.5, 0.6) is 0 Å². The first kappa shape index (κ1) is 16.5. The van der Waals surface area contributed by atoms with E-state index in [4.69, 9.17) is 11.6 Å². The molecule has 0 aliphatic carbocycles. The lowest BCUT2D eigenvalue weighted by Gasteiger charge is -2.31. The smallest absolute Gasteiger partial charge is 0.255 e. The van der Waals surface area contributed by atoms with Crippen molar-refractivity contribution in [3.63, 3.8) is 0 Å². The van der Waals surface area contributed by atoms with Crippen LogP contribution >= 0.6 is 11.6 Å². The molecule has 1 aromatic carbocycles. The first-order valence-corrected chi connectivity index (χ1v) is 7.60. The summed E-state index contributed by atoms with van der Waals surface area (Å²) in [7, 11) is 1.80. The Hall–Kier alpha value is -1.87. The van der Waals surface area contributed by atoms with E-state index in [0.717, 1.165) is 0 Å². The normalized spacial score (nSPS) is 11.3. The van der Waals surface area contributed by atoms with Crippen LogP contribution in [0.25, 0.3) is 0 Å². The Morgan fingerprint density at radius 3 is 2.45 bits per heavy atom. The Kier molecular flexibility index (Phi) is 4.87. The van der Waals surface area contributed by atoms with E-state index < -0.39 is 0 Å². The number of hydrogen-bond acceptors (Lipinski definition) is 2. The van der Waals surface area contributed by atoms with Crippen molar-refractivity contribution in [3.8, 4) is 0 Å². The molecule has 2 aromatic rings. The Morgan fingerprint density at radius 2 is 1.86 bits per heavy atom. The second-order valence-electron chi connectivity index (χ2n) is 6.30. The van der Waals surface area contributed by atoms with Gasteiger partial charge in [0.05, 0.1) is 10.6 Å². The zero-order valence-corrected chi connectivity index (χ0v) is 14.2. The molecule has 1 amide bonds. The number of amides is 1. The van der Waals surface area contributed by atoms with Gasteiger partial charge >= 0.3 is 0 Å². The summed E-state index contributed by atoms with van der Waals surface area (Å²) in [6.45, 7) is 6.95. The SMILES string of the molecule is Cc1ccc(C(C)(C)CN(C)C(=O)c2cncc(Cl)c2)cc1. The number of pyridine rings is 1. The lowest BCUT2D eigenvalue weighted by atomic mass is 9.83. The molecule has 1 aromatic heterocycles. The van der Waals surface area contributed by atoms with Crippen LogP contribution in [0.1, 0.15) is 35.3 Å². The van der Waals surface area contributed by atoms with Crippen molar-refractivity contribution in [2.45, 2.75) is 26.2 Å². The van der Waals surface area contributed by atoms with Crippen molar-refractivity contribution in [2.75, 3.05) is 13.6 Å². The number of rotatable bonds is 4. The summed E-state index contributed by atoms with van der Waals surface area (Å²) < 4.78 is 0. The lowest BCUT2D eigenvalue weighted by molar-refractivity contribution is 0.0767. The molecule has 0 unspecified atom stereocenters. The van der Waals surface area contributed by atoms with Crippen LogP contribution in [0, 0.1) is 6.92 Å². The molecular formula is C18H21ClN2O. The highest BCUT2D eigenvalue weighted by atomic mass is 35.5. The minimum atomic E-state index is -0.135. The van der Waals surface area contributed by atoms with E-state index >= 15 is 0 Å². The van der Waals surface area contributed by atoms with Gasteiger partial charge in [-0.15, -0.1) is 0 Å². The van der Waals surface area contributed by atoms with Crippen LogP contribution in [-0.2, 0) is 5.41 Å². The zero-order valence-electron chi connectivity index (χ0n) is 13.4. The van der Waals surface area contributed by atoms with Gasteiger partial charge in [-0.05, 0) is 18.6 Å². The molecule has 0 fully saturated rings. The molecule has 0 saturated carbocycles. The van der Waals surface area contributed by atoms with Crippen molar-refractivity contribution < 1.29 is 4.79 Å². The maximum atomic E-state index is 12.5. The van der Waals surface area contributed by atoms with Crippen LogP contribution in [0.3, 0.4) is 0 Å². The van der Waals surface area contributed by atoms with Crippen LogP contribution in [-0.4, -0.2) is 29.4 Å². The van der Waals surface area contributed by atoms with E-state index in [1.165, 1.54) is 17.3 Å². The number of benzene rings is 1. The molecule has 2 rings (SSSR count). The maximum absolute atomic E-state index is 12.5. The van der Waals surface area contributed by atoms with E-state index in [0.29, 0.717) is 17.1 Å². The largest absolute Gasteiger partial charge is 0.341 e. The summed E-state index contributed by atoms with van der Waals surface area (Å²) in [5.74, 6) is -0.0739. The number of nitrogens with zero attached hydrogens (tertiary/aromatic N) is 2. The molecule has 4 heteroatoms. The molecule has 0 saturated heterocycles. The van der Waals surface area contributed by atoms with Crippen LogP contribution in [0.2, 0.25) is 5.02 Å². The molecule has 0 aliphatic rings. The summed E-state index contributed by atoms with van der Waals surface area (Å²) in [5.41, 5.74) is 2.81. The Morgan fingerprint density at radius 1 is 1.23 bits per heavy atom. The van der Waals surface area contributed by atoms with Gasteiger partial charge in [-0.25, -0.2) is 0 Å². The highest BCUT2D eigenvalue weighted by Crippen LogP contribution is 2.25. The molecular weight excluding hydrogens is 296 g/mol. The molecule has 0 radical (unpaired) electrons. The van der Waals surface area contributed by atoms with E-state index in [1.54, 1.807) is 24.2 Å². The van der Waals surface area contributed by atoms with Gasteiger partial charge in [0, 0.05) is 31.4 Å². The fourth-order valence-electron chi connectivity index (χ4n) is 2.51. The third kappa shape index (κ3) is 3.86. The van der Waals surface area contributed by atoms with Gasteiger partial charge in [0.15, 0.2) is 0 Å². The maximum Gasteiger partial charge on any atom is 0.255 e. The number of aryl methyl sites for hydroxylation is 1. The standard InChI is InChI=1S/C18H21ClN2O/c1-13-5-7-15(8-6-13)18(2,3)12-21(4)17(22)14-9-16(19)11-20-10-14/h5-11H,12H2,1-4H3. The predicted molar refractivity (Wildman–Crippen MR) is 90.4 cm³/mol. The van der Waals surface area contributed by atoms with Crippen LogP contribution in [0.15, 0.2) is 42.7 Å². The molecule has 1 heterocycles. The monoisotopic (exact) mass is 316 g/mol. The van der Waals surface area contributed by atoms with Crippen LogP contribution in [0.4, 0.5) is 0 Å². The van der Waals surface area contributed by atoms with Gasteiger partial charge in [-0.3, -0.25) is 9.78 Å². The first-order chi connectivity index (χ1) is 10.3. The van der Waals surface area contributed by atoms with E-state index in [2.05, 4.69) is 50.0 Å². The number of likely N-dealkylation sites (N-methyl/N-ethyl adjacent to an activating group) is 1. The second-order valence-corrected chi connectivity index (χ2v) is 6.74. The van der Waals surface area contributed by atoms with Gasteiger partial charge in [0.25, 0.3) is 5.91 Å². The molecule has 0 bridgehead atoms. The molecule has 116 valence electrons. The van der Waals surface area contributed by atoms with Crippen LogP contribution < -0.4 is 0 Å². The third-order valence-electron chi connectivity index (χ3n) is 3.76. The van der Waals surface area contributed by atoms with Crippen molar-refractivity contribution >= 4 is 17.5 Å². The predicted octanol–water partition coefficient (Wildman–Crippen LogP) is 4.09. The van der Waals surface area contributed by atoms with Crippen molar-refractivity contribution in [2.24, 2.45) is 0 Å². The van der Waals surface area contributed by atoms with E-state index in [9.17, 15) is 4.79 Å². The topological polar surface area (TPSA) is 33.2 Å². The second kappa shape index (κ2) is 6.49. The number of carbonyl (C=O) groups excluding carboxylic acids is 1. The van der Waals surface area contributed by atoms with Gasteiger partial charge in [0.1, 0.15) is 0 Å². The fourth-order valence-corrected chi connectivity index (χ4v) is 2.68. The Balaban J connectivity index is 2.14. The third-order valence-corrected chi connectivity index (χ3v) is 3.97. The molecule has 0 aliphatic heterocycles. The van der Waals surface area contributed by atoms with E-state index in [-0.39, 0.29) is 11.3 Å². The Bertz CT molecular complexity index is 665. The quantitative estimate of drug-likeness (QED) is 0.851. The van der Waals surface area contributed by atoms with Crippen molar-refractivity contribution in [1.29, 1.82) is 0 Å². The summed E-state index contributed by atoms with van der Waals surface area (Å²) in [4.78, 5) is 18.2. The minimum absolute atomic E-state index is 0.0739. The highest BCUT2D eigenvalue weighted by Gasteiger charge is 2.25. The van der Waals surface area contributed by atoms with Crippen molar-refractivity contribution in [3.05, 3.63) is 64.4 Å². The summed E-state index contributed by atoms with van der Waals surface area (Å²) in [6, 6.07) is 10.1. The number of aromatic nitrogens is 1. The molecule has 3 nitrogen and oxygen atoms in total. The molecule has 0 spiro atoms. The van der Waals surface area contributed by atoms with Gasteiger partial charge < -0.3 is 4.90 Å². The minimum Gasteiger partial charge on any atom is -0.341 e. The van der Waals surface area contributed by atoms with Gasteiger partial charge in [0.2, 0.25) is 0 Å². The van der Waals surface area contributed by atoms with E-state index in [1.807, 2.05) is 0 Å². The van der Waals surface area contributed by atoms with Crippen molar-refractivity contribution in [1.82, 2.24) is 9.88 Å². The highest BCUT2D eigenvalue weighted by molar-refractivity contribution is 6.30. The number of hydrogen-bond donors (Lipinski definition) is 0. The Labute approximate surface area is 136 Å². The zero-order chi connectivity index (χ0) is 16.3. The van der Waals surface area contributed by atoms with Gasteiger partial charge in [-0.1, -0.05) is 55.3 Å². The molecule has 22 heavy (non-hydrogen) atoms.